The zero-order chi connectivity index (χ0) is 7.40. The van der Waals surface area contributed by atoms with Gasteiger partial charge in [0.1, 0.15) is 0 Å². The molecule has 1 rings (SSSR count). The van der Waals surface area contributed by atoms with Gasteiger partial charge in [0.15, 0.2) is 0 Å². The van der Waals surface area contributed by atoms with Crippen LogP contribution in [0.2, 0.25) is 0 Å². The lowest BCUT2D eigenvalue weighted by Gasteiger charge is -2.15. The number of rotatable bonds is 1. The quantitative estimate of drug-likeness (QED) is 0.505. The Bertz CT molecular complexity index is 152. The summed E-state index contributed by atoms with van der Waals surface area (Å²) in [5, 5.41) is 0. The fourth-order valence-corrected chi connectivity index (χ4v) is 1.03. The van der Waals surface area contributed by atoms with Crippen LogP contribution in [-0.4, -0.2) is 12.7 Å². The summed E-state index contributed by atoms with van der Waals surface area (Å²) in [5.41, 5.74) is 1.33. The van der Waals surface area contributed by atoms with Gasteiger partial charge in [-0.05, 0) is 20.3 Å². The minimum atomic E-state index is 0.329. The predicted molar refractivity (Wildman–Crippen MR) is 42.9 cm³/mol. The van der Waals surface area contributed by atoms with Crippen molar-refractivity contribution in [2.45, 2.75) is 26.4 Å². The third-order valence-corrected chi connectivity index (χ3v) is 1.46. The minimum absolute atomic E-state index is 0.329. The lowest BCUT2D eigenvalue weighted by atomic mass is 10.1. The van der Waals surface area contributed by atoms with Crippen molar-refractivity contribution in [2.75, 3.05) is 6.61 Å². The zero-order valence-corrected chi connectivity index (χ0v) is 6.63. The van der Waals surface area contributed by atoms with Crippen molar-refractivity contribution in [3.05, 3.63) is 23.8 Å². The average molecular weight is 138 g/mol. The fraction of sp³-hybridized carbons (Fsp3) is 0.556. The summed E-state index contributed by atoms with van der Waals surface area (Å²) in [7, 11) is 0. The molecule has 0 bridgehead atoms. The van der Waals surface area contributed by atoms with Crippen molar-refractivity contribution >= 4 is 0 Å². The SMILES string of the molecule is CC(C)=CC1CC=CCO1. The monoisotopic (exact) mass is 138 g/mol. The van der Waals surface area contributed by atoms with Crippen molar-refractivity contribution in [1.29, 1.82) is 0 Å². The smallest absolute Gasteiger partial charge is 0.0796 e. The molecule has 56 valence electrons. The molecule has 1 aliphatic heterocycles. The van der Waals surface area contributed by atoms with E-state index in [-0.39, 0.29) is 0 Å². The largest absolute Gasteiger partial charge is 0.370 e. The molecule has 1 nitrogen and oxygen atoms in total. The van der Waals surface area contributed by atoms with E-state index in [9.17, 15) is 0 Å². The van der Waals surface area contributed by atoms with Crippen LogP contribution in [0.1, 0.15) is 20.3 Å². The van der Waals surface area contributed by atoms with Gasteiger partial charge in [-0.15, -0.1) is 0 Å². The number of hydrogen-bond acceptors (Lipinski definition) is 1. The fourth-order valence-electron chi connectivity index (χ4n) is 1.03. The van der Waals surface area contributed by atoms with Crippen LogP contribution in [-0.2, 0) is 4.74 Å². The minimum Gasteiger partial charge on any atom is -0.370 e. The van der Waals surface area contributed by atoms with Crippen molar-refractivity contribution in [1.82, 2.24) is 0 Å². The van der Waals surface area contributed by atoms with E-state index in [0.29, 0.717) is 6.10 Å². The molecule has 10 heavy (non-hydrogen) atoms. The Kier molecular flexibility index (Phi) is 2.69. The van der Waals surface area contributed by atoms with Crippen LogP contribution in [0.15, 0.2) is 23.8 Å². The highest BCUT2D eigenvalue weighted by atomic mass is 16.5. The second kappa shape index (κ2) is 3.57. The molecule has 0 aromatic carbocycles. The molecule has 0 saturated carbocycles. The summed E-state index contributed by atoms with van der Waals surface area (Å²) < 4.78 is 5.43. The summed E-state index contributed by atoms with van der Waals surface area (Å²) in [4.78, 5) is 0. The van der Waals surface area contributed by atoms with E-state index < -0.39 is 0 Å². The van der Waals surface area contributed by atoms with Crippen LogP contribution in [0.25, 0.3) is 0 Å². The molecule has 0 saturated heterocycles. The van der Waals surface area contributed by atoms with E-state index in [1.165, 1.54) is 5.57 Å². The molecule has 1 heterocycles. The molecule has 0 aromatic rings. The summed E-state index contributed by atoms with van der Waals surface area (Å²) >= 11 is 0. The van der Waals surface area contributed by atoms with Crippen LogP contribution < -0.4 is 0 Å². The van der Waals surface area contributed by atoms with Gasteiger partial charge in [-0.25, -0.2) is 0 Å². The van der Waals surface area contributed by atoms with Crippen LogP contribution in [0.5, 0.6) is 0 Å². The van der Waals surface area contributed by atoms with Crippen LogP contribution >= 0.6 is 0 Å². The van der Waals surface area contributed by atoms with Crippen LogP contribution in [0.3, 0.4) is 0 Å². The Hall–Kier alpha value is -0.560. The van der Waals surface area contributed by atoms with Gasteiger partial charge < -0.3 is 4.74 Å². The molecule has 1 aliphatic rings. The first-order valence-electron chi connectivity index (χ1n) is 3.70. The number of allylic oxidation sites excluding steroid dienone is 1. The Balaban J connectivity index is 2.42. The van der Waals surface area contributed by atoms with E-state index >= 15 is 0 Å². The molecule has 1 atom stereocenters. The van der Waals surface area contributed by atoms with Crippen LogP contribution in [0.4, 0.5) is 0 Å². The van der Waals surface area contributed by atoms with E-state index in [1.807, 2.05) is 0 Å². The Morgan fingerprint density at radius 3 is 2.80 bits per heavy atom. The summed E-state index contributed by atoms with van der Waals surface area (Å²) in [6.07, 6.45) is 7.77. The third-order valence-electron chi connectivity index (χ3n) is 1.46. The number of hydrogen-bond donors (Lipinski definition) is 0. The normalized spacial score (nSPS) is 24.4. The zero-order valence-electron chi connectivity index (χ0n) is 6.63. The van der Waals surface area contributed by atoms with Crippen molar-refractivity contribution < 1.29 is 4.74 Å². The predicted octanol–water partition coefficient (Wildman–Crippen LogP) is 2.30. The van der Waals surface area contributed by atoms with Gasteiger partial charge in [0, 0.05) is 0 Å². The highest BCUT2D eigenvalue weighted by Gasteiger charge is 2.04. The van der Waals surface area contributed by atoms with E-state index in [1.54, 1.807) is 0 Å². The van der Waals surface area contributed by atoms with Crippen LogP contribution in [0, 0.1) is 0 Å². The Morgan fingerprint density at radius 2 is 2.30 bits per heavy atom. The summed E-state index contributed by atoms with van der Waals surface area (Å²) in [6, 6.07) is 0. The van der Waals surface area contributed by atoms with E-state index in [0.717, 1.165) is 13.0 Å². The van der Waals surface area contributed by atoms with Gasteiger partial charge in [-0.1, -0.05) is 23.8 Å². The molecule has 0 N–H and O–H groups in total. The molecule has 1 heteroatoms. The van der Waals surface area contributed by atoms with Gasteiger partial charge in [0.2, 0.25) is 0 Å². The second-order valence-corrected chi connectivity index (χ2v) is 2.82. The third kappa shape index (κ3) is 2.36. The molecule has 0 fully saturated rings. The topological polar surface area (TPSA) is 9.23 Å². The first kappa shape index (κ1) is 7.55. The molecular weight excluding hydrogens is 124 g/mol. The molecule has 1 unspecified atom stereocenters. The highest BCUT2D eigenvalue weighted by Crippen LogP contribution is 2.09. The van der Waals surface area contributed by atoms with Gasteiger partial charge in [0.25, 0.3) is 0 Å². The average Bonchev–Trinajstić information content (AvgIpc) is 1.88. The maximum Gasteiger partial charge on any atom is 0.0796 e. The second-order valence-electron chi connectivity index (χ2n) is 2.82. The lowest BCUT2D eigenvalue weighted by Crippen LogP contribution is -2.12. The molecule has 0 amide bonds. The van der Waals surface area contributed by atoms with Crippen molar-refractivity contribution in [2.24, 2.45) is 0 Å². The Morgan fingerprint density at radius 1 is 1.50 bits per heavy atom. The first-order valence-corrected chi connectivity index (χ1v) is 3.70. The van der Waals surface area contributed by atoms with Gasteiger partial charge >= 0.3 is 0 Å². The van der Waals surface area contributed by atoms with Crippen molar-refractivity contribution in [3.63, 3.8) is 0 Å². The highest BCUT2D eigenvalue weighted by molar-refractivity contribution is 5.03. The van der Waals surface area contributed by atoms with Gasteiger partial charge in [0.05, 0.1) is 12.7 Å². The number of ether oxygens (including phenoxy) is 1. The Labute approximate surface area is 62.4 Å². The van der Waals surface area contributed by atoms with E-state index in [2.05, 4.69) is 32.1 Å². The summed E-state index contributed by atoms with van der Waals surface area (Å²) in [5.74, 6) is 0. The van der Waals surface area contributed by atoms with Crippen molar-refractivity contribution in [3.8, 4) is 0 Å². The summed E-state index contributed by atoms with van der Waals surface area (Å²) in [6.45, 7) is 4.97. The maximum atomic E-state index is 5.43. The van der Waals surface area contributed by atoms with E-state index in [4.69, 9.17) is 4.74 Å². The molecule has 0 spiro atoms. The molecule has 0 radical (unpaired) electrons. The lowest BCUT2D eigenvalue weighted by molar-refractivity contribution is 0.102. The molecule has 0 aliphatic carbocycles. The van der Waals surface area contributed by atoms with Gasteiger partial charge in [-0.2, -0.15) is 0 Å². The maximum absolute atomic E-state index is 5.43. The van der Waals surface area contributed by atoms with Gasteiger partial charge in [-0.3, -0.25) is 0 Å². The molecule has 0 aromatic heterocycles. The molecular formula is C9H14O. The first-order chi connectivity index (χ1) is 4.79. The standard InChI is InChI=1S/C9H14O/c1-8(2)7-9-5-3-4-6-10-9/h3-4,7,9H,5-6H2,1-2H3.